The SMILES string of the molecule is CCCCN(Cc1cccn1Cc1ccccc1)C(=O)c1ccc(-c2ccccc2)cc1. The van der Waals surface area contributed by atoms with Gasteiger partial charge in [-0.2, -0.15) is 0 Å². The van der Waals surface area contributed by atoms with Crippen molar-refractivity contribution >= 4 is 5.91 Å². The van der Waals surface area contributed by atoms with E-state index in [1.807, 2.05) is 53.4 Å². The number of rotatable bonds is 9. The molecule has 162 valence electrons. The molecule has 4 rings (SSSR count). The molecular weight excluding hydrogens is 392 g/mol. The first-order valence-corrected chi connectivity index (χ1v) is 11.4. The van der Waals surface area contributed by atoms with Crippen LogP contribution in [0, 0.1) is 0 Å². The van der Waals surface area contributed by atoms with Crippen LogP contribution in [0.4, 0.5) is 0 Å². The first-order valence-electron chi connectivity index (χ1n) is 11.4. The highest BCUT2D eigenvalue weighted by atomic mass is 16.2. The quantitative estimate of drug-likeness (QED) is 0.297. The number of carbonyl (C=O) groups excluding carboxylic acids is 1. The Morgan fingerprint density at radius 3 is 2.12 bits per heavy atom. The summed E-state index contributed by atoms with van der Waals surface area (Å²) < 4.78 is 2.24. The van der Waals surface area contributed by atoms with Gasteiger partial charge in [0.15, 0.2) is 0 Å². The maximum Gasteiger partial charge on any atom is 0.254 e. The van der Waals surface area contributed by atoms with Crippen LogP contribution in [0.25, 0.3) is 11.1 Å². The van der Waals surface area contributed by atoms with E-state index in [0.29, 0.717) is 6.54 Å². The van der Waals surface area contributed by atoms with Gasteiger partial charge in [-0.05, 0) is 47.4 Å². The molecule has 0 spiro atoms. The zero-order chi connectivity index (χ0) is 22.2. The summed E-state index contributed by atoms with van der Waals surface area (Å²) in [5.41, 5.74) is 5.43. The van der Waals surface area contributed by atoms with Gasteiger partial charge in [-0.25, -0.2) is 0 Å². The first-order chi connectivity index (χ1) is 15.7. The number of aromatic nitrogens is 1. The molecule has 3 aromatic carbocycles. The Kier molecular flexibility index (Phi) is 7.19. The van der Waals surface area contributed by atoms with Crippen molar-refractivity contribution in [2.75, 3.05) is 6.54 Å². The van der Waals surface area contributed by atoms with Gasteiger partial charge in [-0.15, -0.1) is 0 Å². The molecule has 0 atom stereocenters. The van der Waals surface area contributed by atoms with Crippen molar-refractivity contribution in [3.63, 3.8) is 0 Å². The van der Waals surface area contributed by atoms with Crippen LogP contribution >= 0.6 is 0 Å². The minimum absolute atomic E-state index is 0.0884. The maximum atomic E-state index is 13.4. The smallest absolute Gasteiger partial charge is 0.254 e. The first kappa shape index (κ1) is 21.6. The molecule has 0 saturated carbocycles. The highest BCUT2D eigenvalue weighted by molar-refractivity contribution is 5.94. The molecule has 4 aromatic rings. The lowest BCUT2D eigenvalue weighted by atomic mass is 10.0. The lowest BCUT2D eigenvalue weighted by molar-refractivity contribution is 0.0737. The van der Waals surface area contributed by atoms with Crippen LogP contribution in [0.3, 0.4) is 0 Å². The van der Waals surface area contributed by atoms with Crippen LogP contribution in [-0.4, -0.2) is 21.9 Å². The summed E-state index contributed by atoms with van der Waals surface area (Å²) in [5, 5.41) is 0. The largest absolute Gasteiger partial charge is 0.345 e. The van der Waals surface area contributed by atoms with Crippen molar-refractivity contribution in [1.82, 2.24) is 9.47 Å². The van der Waals surface area contributed by atoms with Crippen LogP contribution in [-0.2, 0) is 13.1 Å². The second kappa shape index (κ2) is 10.6. The predicted molar refractivity (Wildman–Crippen MR) is 132 cm³/mol. The Morgan fingerprint density at radius 2 is 1.44 bits per heavy atom. The molecule has 3 nitrogen and oxygen atoms in total. The molecule has 0 N–H and O–H groups in total. The molecular formula is C29H30N2O. The summed E-state index contributed by atoms with van der Waals surface area (Å²) in [6.45, 7) is 4.34. The molecule has 3 heteroatoms. The lowest BCUT2D eigenvalue weighted by Gasteiger charge is -2.24. The molecule has 0 radical (unpaired) electrons. The summed E-state index contributed by atoms with van der Waals surface area (Å²) >= 11 is 0. The van der Waals surface area contributed by atoms with Crippen LogP contribution in [0.5, 0.6) is 0 Å². The van der Waals surface area contributed by atoms with E-state index in [4.69, 9.17) is 0 Å². The average Bonchev–Trinajstić information content (AvgIpc) is 3.29. The van der Waals surface area contributed by atoms with Crippen molar-refractivity contribution in [3.05, 3.63) is 120 Å². The number of benzene rings is 3. The number of carbonyl (C=O) groups is 1. The highest BCUT2D eigenvalue weighted by Gasteiger charge is 2.17. The fourth-order valence-electron chi connectivity index (χ4n) is 3.94. The van der Waals surface area contributed by atoms with Crippen LogP contribution < -0.4 is 0 Å². The van der Waals surface area contributed by atoms with E-state index in [1.165, 1.54) is 5.56 Å². The van der Waals surface area contributed by atoms with Crippen molar-refractivity contribution in [2.24, 2.45) is 0 Å². The Balaban J connectivity index is 1.51. The van der Waals surface area contributed by atoms with Gasteiger partial charge in [0.05, 0.1) is 6.54 Å². The third kappa shape index (κ3) is 5.36. The van der Waals surface area contributed by atoms with E-state index in [9.17, 15) is 4.79 Å². The van der Waals surface area contributed by atoms with Gasteiger partial charge in [0.25, 0.3) is 5.91 Å². The number of hydrogen-bond acceptors (Lipinski definition) is 1. The van der Waals surface area contributed by atoms with Crippen LogP contribution in [0.1, 0.15) is 41.4 Å². The summed E-state index contributed by atoms with van der Waals surface area (Å²) in [5.74, 6) is 0.0884. The average molecular weight is 423 g/mol. The Labute approximate surface area is 190 Å². The summed E-state index contributed by atoms with van der Waals surface area (Å²) in [6, 6.07) is 32.9. The Morgan fingerprint density at radius 1 is 0.781 bits per heavy atom. The number of amides is 1. The van der Waals surface area contributed by atoms with Gasteiger partial charge in [0.1, 0.15) is 0 Å². The third-order valence-electron chi connectivity index (χ3n) is 5.78. The molecule has 0 aliphatic rings. The van der Waals surface area contributed by atoms with Crippen LogP contribution in [0.15, 0.2) is 103 Å². The fraction of sp³-hybridized carbons (Fsp3) is 0.207. The molecule has 0 bridgehead atoms. The number of hydrogen-bond donors (Lipinski definition) is 0. The molecule has 1 amide bonds. The van der Waals surface area contributed by atoms with Crippen molar-refractivity contribution in [3.8, 4) is 11.1 Å². The van der Waals surface area contributed by atoms with E-state index in [2.05, 4.69) is 66.2 Å². The summed E-state index contributed by atoms with van der Waals surface area (Å²) in [4.78, 5) is 15.4. The van der Waals surface area contributed by atoms with Gasteiger partial charge < -0.3 is 9.47 Å². The van der Waals surface area contributed by atoms with Gasteiger partial charge in [-0.3, -0.25) is 4.79 Å². The van der Waals surface area contributed by atoms with Gasteiger partial charge in [0, 0.05) is 30.5 Å². The molecule has 0 fully saturated rings. The van der Waals surface area contributed by atoms with Gasteiger partial charge in [0.2, 0.25) is 0 Å². The number of nitrogens with zero attached hydrogens (tertiary/aromatic N) is 2. The molecule has 1 heterocycles. The number of unbranched alkanes of at least 4 members (excludes halogenated alkanes) is 1. The van der Waals surface area contributed by atoms with E-state index in [-0.39, 0.29) is 5.91 Å². The highest BCUT2D eigenvalue weighted by Crippen LogP contribution is 2.21. The van der Waals surface area contributed by atoms with Crippen molar-refractivity contribution < 1.29 is 4.79 Å². The second-order valence-electron chi connectivity index (χ2n) is 8.14. The van der Waals surface area contributed by atoms with E-state index < -0.39 is 0 Å². The predicted octanol–water partition coefficient (Wildman–Crippen LogP) is 6.65. The van der Waals surface area contributed by atoms with Crippen molar-refractivity contribution in [2.45, 2.75) is 32.9 Å². The molecule has 1 aromatic heterocycles. The minimum Gasteiger partial charge on any atom is -0.345 e. The van der Waals surface area contributed by atoms with Crippen molar-refractivity contribution in [1.29, 1.82) is 0 Å². The topological polar surface area (TPSA) is 25.2 Å². The molecule has 0 aliphatic heterocycles. The standard InChI is InChI=1S/C29H30N2O/c1-2-3-20-31(23-28-15-10-21-30(28)22-24-11-6-4-7-12-24)29(32)27-18-16-26(17-19-27)25-13-8-5-9-14-25/h4-19,21H,2-3,20,22-23H2,1H3. The molecule has 0 unspecified atom stereocenters. The Hall–Kier alpha value is -3.59. The molecule has 32 heavy (non-hydrogen) atoms. The third-order valence-corrected chi connectivity index (χ3v) is 5.78. The monoisotopic (exact) mass is 422 g/mol. The zero-order valence-corrected chi connectivity index (χ0v) is 18.7. The Bertz CT molecular complexity index is 1110. The molecule has 0 saturated heterocycles. The lowest BCUT2D eigenvalue weighted by Crippen LogP contribution is -2.32. The van der Waals surface area contributed by atoms with E-state index >= 15 is 0 Å². The fourth-order valence-corrected chi connectivity index (χ4v) is 3.94. The zero-order valence-electron chi connectivity index (χ0n) is 18.7. The van der Waals surface area contributed by atoms with Gasteiger partial charge >= 0.3 is 0 Å². The van der Waals surface area contributed by atoms with Crippen LogP contribution in [0.2, 0.25) is 0 Å². The second-order valence-corrected chi connectivity index (χ2v) is 8.14. The normalized spacial score (nSPS) is 10.8. The molecule has 0 aliphatic carbocycles. The summed E-state index contributed by atoms with van der Waals surface area (Å²) in [6.07, 6.45) is 4.15. The maximum absolute atomic E-state index is 13.4. The minimum atomic E-state index is 0.0884. The van der Waals surface area contributed by atoms with E-state index in [0.717, 1.165) is 48.3 Å². The van der Waals surface area contributed by atoms with E-state index in [1.54, 1.807) is 0 Å². The summed E-state index contributed by atoms with van der Waals surface area (Å²) in [7, 11) is 0. The van der Waals surface area contributed by atoms with Gasteiger partial charge in [-0.1, -0.05) is 86.1 Å².